The second-order valence-electron chi connectivity index (χ2n) is 8.49. The van der Waals surface area contributed by atoms with Gasteiger partial charge in [-0.25, -0.2) is 4.98 Å². The Morgan fingerprint density at radius 2 is 1.93 bits per heavy atom. The van der Waals surface area contributed by atoms with Crippen LogP contribution in [0.15, 0.2) is 55.0 Å². The average molecular weight is 403 g/mol. The van der Waals surface area contributed by atoms with Crippen molar-refractivity contribution in [1.82, 2.24) is 9.55 Å². The first-order valence-electron chi connectivity index (χ1n) is 10.7. The summed E-state index contributed by atoms with van der Waals surface area (Å²) in [4.78, 5) is 18.9. The number of nitrogens with zero attached hydrogens (tertiary/aromatic N) is 3. The summed E-state index contributed by atoms with van der Waals surface area (Å²) in [6.07, 6.45) is 5.72. The van der Waals surface area contributed by atoms with E-state index in [4.69, 9.17) is 5.73 Å². The van der Waals surface area contributed by atoms with Crippen LogP contribution in [0.5, 0.6) is 0 Å². The quantitative estimate of drug-likeness (QED) is 0.690. The van der Waals surface area contributed by atoms with Gasteiger partial charge in [0.2, 0.25) is 5.91 Å². The lowest BCUT2D eigenvalue weighted by Gasteiger charge is -2.32. The Hall–Kier alpha value is -2.92. The third-order valence-corrected chi connectivity index (χ3v) is 6.11. The van der Waals surface area contributed by atoms with Gasteiger partial charge >= 0.3 is 0 Å². The van der Waals surface area contributed by atoms with Gasteiger partial charge in [0.25, 0.3) is 0 Å². The molecule has 3 aromatic rings. The van der Waals surface area contributed by atoms with E-state index in [-0.39, 0.29) is 17.9 Å². The molecule has 0 bridgehead atoms. The van der Waals surface area contributed by atoms with Gasteiger partial charge in [-0.2, -0.15) is 0 Å². The summed E-state index contributed by atoms with van der Waals surface area (Å²) in [6, 6.07) is 14.5. The zero-order valence-electron chi connectivity index (χ0n) is 18.0. The molecule has 0 spiro atoms. The van der Waals surface area contributed by atoms with E-state index < -0.39 is 0 Å². The van der Waals surface area contributed by atoms with Crippen LogP contribution < -0.4 is 10.6 Å². The molecule has 1 aliphatic rings. The van der Waals surface area contributed by atoms with Crippen molar-refractivity contribution in [2.75, 3.05) is 11.4 Å². The van der Waals surface area contributed by atoms with Gasteiger partial charge in [0, 0.05) is 24.7 Å². The fraction of sp³-hybridized carbons (Fsp3) is 0.360. The summed E-state index contributed by atoms with van der Waals surface area (Å²) in [5, 5.41) is 0. The maximum Gasteiger partial charge on any atom is 0.229 e. The highest BCUT2D eigenvalue weighted by atomic mass is 16.2. The van der Waals surface area contributed by atoms with E-state index in [1.165, 1.54) is 11.1 Å². The predicted molar refractivity (Wildman–Crippen MR) is 120 cm³/mol. The Morgan fingerprint density at radius 3 is 2.67 bits per heavy atom. The number of carbonyl (C=O) groups excluding carboxylic acids is 1. The Balaban J connectivity index is 1.54. The molecule has 2 heterocycles. The molecule has 1 amide bonds. The van der Waals surface area contributed by atoms with Crippen LogP contribution in [0, 0.1) is 19.8 Å². The molecule has 0 radical (unpaired) electrons. The van der Waals surface area contributed by atoms with E-state index in [0.29, 0.717) is 6.54 Å². The maximum atomic E-state index is 12.6. The van der Waals surface area contributed by atoms with Gasteiger partial charge in [-0.3, -0.25) is 4.79 Å². The Morgan fingerprint density at radius 1 is 1.17 bits per heavy atom. The van der Waals surface area contributed by atoms with Crippen molar-refractivity contribution < 1.29 is 4.79 Å². The molecule has 2 N–H and O–H groups in total. The number of nitrogens with two attached hydrogens (primary N) is 1. The van der Waals surface area contributed by atoms with Crippen molar-refractivity contribution >= 4 is 11.6 Å². The molecular formula is C25H30N4O. The molecule has 2 unspecified atom stereocenters. The van der Waals surface area contributed by atoms with Gasteiger partial charge in [0.1, 0.15) is 0 Å². The van der Waals surface area contributed by atoms with Crippen LogP contribution in [0.3, 0.4) is 0 Å². The summed E-state index contributed by atoms with van der Waals surface area (Å²) in [5.41, 5.74) is 13.1. The Kier molecular flexibility index (Phi) is 5.73. The lowest BCUT2D eigenvalue weighted by atomic mass is 9.97. The lowest BCUT2D eigenvalue weighted by molar-refractivity contribution is -0.123. The fourth-order valence-corrected chi connectivity index (χ4v) is 4.28. The predicted octanol–water partition coefficient (Wildman–Crippen LogP) is 4.36. The highest BCUT2D eigenvalue weighted by Crippen LogP contribution is 2.28. The minimum Gasteiger partial charge on any atom is -0.328 e. The monoisotopic (exact) mass is 402 g/mol. The van der Waals surface area contributed by atoms with Crippen LogP contribution in [0.4, 0.5) is 5.69 Å². The highest BCUT2D eigenvalue weighted by molar-refractivity contribution is 5.96. The molecule has 5 nitrogen and oxygen atoms in total. The average Bonchev–Trinajstić information content (AvgIpc) is 3.19. The standard InChI is InChI=1S/C25H30N4O/c1-17-6-9-21(10-7-17)24(26)23-14-27-16-28(23)15-20-8-11-22(19(3)13-20)29-12-4-5-18(2)25(29)30/h6-11,13-14,16,18,24H,4-5,12,15,26H2,1-3H3. The van der Waals surface area contributed by atoms with Crippen molar-refractivity contribution in [2.24, 2.45) is 11.7 Å². The molecule has 156 valence electrons. The first-order valence-corrected chi connectivity index (χ1v) is 10.7. The molecule has 1 aliphatic heterocycles. The smallest absolute Gasteiger partial charge is 0.229 e. The summed E-state index contributed by atoms with van der Waals surface area (Å²) in [7, 11) is 0. The largest absolute Gasteiger partial charge is 0.328 e. The fourth-order valence-electron chi connectivity index (χ4n) is 4.28. The summed E-state index contributed by atoms with van der Waals surface area (Å²) >= 11 is 0. The molecule has 2 atom stereocenters. The molecule has 1 saturated heterocycles. The first-order chi connectivity index (χ1) is 14.4. The number of hydrogen-bond donors (Lipinski definition) is 1. The van der Waals surface area contributed by atoms with E-state index in [9.17, 15) is 4.79 Å². The van der Waals surface area contributed by atoms with Gasteiger partial charge in [0.15, 0.2) is 0 Å². The van der Waals surface area contributed by atoms with Gasteiger partial charge in [-0.05, 0) is 49.4 Å². The van der Waals surface area contributed by atoms with Gasteiger partial charge in [-0.1, -0.05) is 48.9 Å². The summed E-state index contributed by atoms with van der Waals surface area (Å²) < 4.78 is 2.10. The van der Waals surface area contributed by atoms with Crippen LogP contribution in [0.1, 0.15) is 53.8 Å². The number of anilines is 1. The van der Waals surface area contributed by atoms with Crippen LogP contribution in [0.2, 0.25) is 0 Å². The van der Waals surface area contributed by atoms with E-state index in [1.54, 1.807) is 0 Å². The summed E-state index contributed by atoms with van der Waals surface area (Å²) in [5.74, 6) is 0.340. The molecule has 4 rings (SSSR count). The minimum absolute atomic E-state index is 0.106. The summed E-state index contributed by atoms with van der Waals surface area (Å²) in [6.45, 7) is 7.68. The normalized spacial score (nSPS) is 17.9. The number of benzene rings is 2. The van der Waals surface area contributed by atoms with Crippen molar-refractivity contribution in [1.29, 1.82) is 0 Å². The molecular weight excluding hydrogens is 372 g/mol. The zero-order chi connectivity index (χ0) is 21.3. The topological polar surface area (TPSA) is 64.2 Å². The van der Waals surface area contributed by atoms with Crippen molar-refractivity contribution in [3.8, 4) is 0 Å². The number of aryl methyl sites for hydroxylation is 2. The number of rotatable bonds is 5. The Bertz CT molecular complexity index is 1040. The SMILES string of the molecule is Cc1ccc(C(N)c2cncn2Cc2ccc(N3CCCC(C)C3=O)c(C)c2)cc1. The second-order valence-corrected chi connectivity index (χ2v) is 8.49. The first kappa shape index (κ1) is 20.4. The van der Waals surface area contributed by atoms with E-state index in [2.05, 4.69) is 65.9 Å². The molecule has 2 aromatic carbocycles. The molecule has 30 heavy (non-hydrogen) atoms. The zero-order valence-corrected chi connectivity index (χ0v) is 18.0. The van der Waals surface area contributed by atoms with Crippen LogP contribution in [-0.4, -0.2) is 22.0 Å². The van der Waals surface area contributed by atoms with Crippen molar-refractivity contribution in [3.05, 3.63) is 82.9 Å². The van der Waals surface area contributed by atoms with Gasteiger partial charge in [0.05, 0.1) is 24.3 Å². The number of amides is 1. The number of imidazole rings is 1. The Labute approximate surface area is 178 Å². The highest BCUT2D eigenvalue weighted by Gasteiger charge is 2.27. The second kappa shape index (κ2) is 8.44. The van der Waals surface area contributed by atoms with E-state index in [0.717, 1.165) is 41.9 Å². The number of aromatic nitrogens is 2. The van der Waals surface area contributed by atoms with Crippen LogP contribution in [0.25, 0.3) is 0 Å². The lowest BCUT2D eigenvalue weighted by Crippen LogP contribution is -2.40. The van der Waals surface area contributed by atoms with E-state index >= 15 is 0 Å². The molecule has 1 aromatic heterocycles. The van der Waals surface area contributed by atoms with Gasteiger partial charge in [-0.15, -0.1) is 0 Å². The van der Waals surface area contributed by atoms with Gasteiger partial charge < -0.3 is 15.2 Å². The number of piperidine rings is 1. The molecule has 0 saturated carbocycles. The third-order valence-electron chi connectivity index (χ3n) is 6.11. The minimum atomic E-state index is -0.221. The van der Waals surface area contributed by atoms with E-state index in [1.807, 2.05) is 24.3 Å². The van der Waals surface area contributed by atoms with Crippen molar-refractivity contribution in [3.63, 3.8) is 0 Å². The van der Waals surface area contributed by atoms with Crippen molar-refractivity contribution in [2.45, 2.75) is 46.2 Å². The number of carbonyl (C=O) groups is 1. The molecule has 0 aliphatic carbocycles. The third kappa shape index (κ3) is 4.03. The maximum absolute atomic E-state index is 12.6. The van der Waals surface area contributed by atoms with Crippen LogP contribution in [-0.2, 0) is 11.3 Å². The number of hydrogen-bond acceptors (Lipinski definition) is 3. The molecule has 1 fully saturated rings. The van der Waals surface area contributed by atoms with Crippen LogP contribution >= 0.6 is 0 Å². The molecule has 5 heteroatoms.